The van der Waals surface area contributed by atoms with Crippen molar-refractivity contribution < 1.29 is 4.79 Å². The van der Waals surface area contributed by atoms with Crippen LogP contribution >= 0.6 is 0 Å². The number of nitrogens with one attached hydrogen (secondary N) is 1. The minimum atomic E-state index is 0.178. The first-order valence-electron chi connectivity index (χ1n) is 7.84. The highest BCUT2D eigenvalue weighted by Gasteiger charge is 2.43. The number of carbonyl (C=O) groups excluding carboxylic acids is 1. The van der Waals surface area contributed by atoms with Crippen LogP contribution in [0.1, 0.15) is 43.6 Å². The molecule has 108 valence electrons. The van der Waals surface area contributed by atoms with Gasteiger partial charge in [0, 0.05) is 18.5 Å². The Morgan fingerprint density at radius 3 is 2.70 bits per heavy atom. The Balaban J connectivity index is 1.47. The smallest absolute Gasteiger partial charge is 0.223 e. The highest BCUT2D eigenvalue weighted by Crippen LogP contribution is 2.47. The van der Waals surface area contributed by atoms with E-state index in [9.17, 15) is 4.79 Å². The molecule has 3 N–H and O–H groups in total. The first-order valence-corrected chi connectivity index (χ1v) is 7.84. The predicted octanol–water partition coefficient (Wildman–Crippen LogP) is 2.42. The summed E-state index contributed by atoms with van der Waals surface area (Å²) < 4.78 is 0. The maximum absolute atomic E-state index is 12.2. The van der Waals surface area contributed by atoms with E-state index in [1.54, 1.807) is 0 Å². The highest BCUT2D eigenvalue weighted by molar-refractivity contribution is 5.82. The molecule has 1 aromatic carbocycles. The third kappa shape index (κ3) is 3.04. The maximum Gasteiger partial charge on any atom is 0.223 e. The molecule has 20 heavy (non-hydrogen) atoms. The number of amides is 1. The van der Waals surface area contributed by atoms with Crippen molar-refractivity contribution in [3.05, 3.63) is 35.9 Å². The average molecular weight is 272 g/mol. The van der Waals surface area contributed by atoms with Crippen molar-refractivity contribution >= 4 is 5.91 Å². The lowest BCUT2D eigenvalue weighted by Gasteiger charge is -2.28. The molecule has 1 aromatic rings. The van der Waals surface area contributed by atoms with Gasteiger partial charge in [-0.25, -0.2) is 0 Å². The fourth-order valence-electron chi connectivity index (χ4n) is 3.41. The van der Waals surface area contributed by atoms with E-state index in [0.29, 0.717) is 11.8 Å². The molecule has 4 unspecified atom stereocenters. The Bertz CT molecular complexity index is 459. The minimum Gasteiger partial charge on any atom is -0.356 e. The van der Waals surface area contributed by atoms with Gasteiger partial charge in [0.15, 0.2) is 0 Å². The summed E-state index contributed by atoms with van der Waals surface area (Å²) in [5.41, 5.74) is 7.42. The zero-order valence-electron chi connectivity index (χ0n) is 11.9. The largest absolute Gasteiger partial charge is 0.356 e. The summed E-state index contributed by atoms with van der Waals surface area (Å²) >= 11 is 0. The third-order valence-electron chi connectivity index (χ3n) is 4.86. The van der Waals surface area contributed by atoms with E-state index < -0.39 is 0 Å². The Morgan fingerprint density at radius 1 is 1.20 bits per heavy atom. The molecular weight excluding hydrogens is 248 g/mol. The van der Waals surface area contributed by atoms with Gasteiger partial charge in [0.2, 0.25) is 5.91 Å². The van der Waals surface area contributed by atoms with Crippen molar-refractivity contribution in [3.8, 4) is 0 Å². The topological polar surface area (TPSA) is 55.1 Å². The normalized spacial score (nSPS) is 32.6. The Kier molecular flexibility index (Phi) is 4.06. The SMILES string of the molecule is NC1CCCCC1CNC(=O)C1CC1c1ccccc1. The molecule has 0 heterocycles. The second-order valence-corrected chi connectivity index (χ2v) is 6.31. The molecule has 0 aliphatic heterocycles. The predicted molar refractivity (Wildman–Crippen MR) is 80.2 cm³/mol. The van der Waals surface area contributed by atoms with Crippen LogP contribution in [0.4, 0.5) is 0 Å². The van der Waals surface area contributed by atoms with Crippen LogP contribution in [0.3, 0.4) is 0 Å². The number of nitrogens with two attached hydrogens (primary N) is 1. The molecule has 1 amide bonds. The van der Waals surface area contributed by atoms with E-state index in [1.165, 1.54) is 18.4 Å². The zero-order chi connectivity index (χ0) is 13.9. The molecular formula is C17H24N2O. The average Bonchev–Trinajstić information content (AvgIpc) is 3.28. The molecule has 3 rings (SSSR count). The van der Waals surface area contributed by atoms with E-state index in [-0.39, 0.29) is 17.9 Å². The summed E-state index contributed by atoms with van der Waals surface area (Å²) in [6, 6.07) is 10.6. The minimum absolute atomic E-state index is 0.178. The maximum atomic E-state index is 12.2. The van der Waals surface area contributed by atoms with E-state index in [0.717, 1.165) is 25.8 Å². The Labute approximate surface area is 120 Å². The van der Waals surface area contributed by atoms with Gasteiger partial charge in [0.05, 0.1) is 0 Å². The first-order chi connectivity index (χ1) is 9.75. The van der Waals surface area contributed by atoms with Gasteiger partial charge in [-0.2, -0.15) is 0 Å². The number of hydrogen-bond donors (Lipinski definition) is 2. The molecule has 0 bridgehead atoms. The molecule has 4 atom stereocenters. The van der Waals surface area contributed by atoms with Crippen LogP contribution in [0.5, 0.6) is 0 Å². The molecule has 3 heteroatoms. The van der Waals surface area contributed by atoms with Gasteiger partial charge < -0.3 is 11.1 Å². The molecule has 0 radical (unpaired) electrons. The van der Waals surface area contributed by atoms with Crippen LogP contribution in [0.25, 0.3) is 0 Å². The van der Waals surface area contributed by atoms with Gasteiger partial charge in [-0.05, 0) is 36.7 Å². The van der Waals surface area contributed by atoms with E-state index in [4.69, 9.17) is 5.73 Å². The van der Waals surface area contributed by atoms with Crippen LogP contribution in [0.2, 0.25) is 0 Å². The molecule has 3 nitrogen and oxygen atoms in total. The van der Waals surface area contributed by atoms with Crippen molar-refractivity contribution in [2.75, 3.05) is 6.54 Å². The quantitative estimate of drug-likeness (QED) is 0.884. The van der Waals surface area contributed by atoms with Crippen LogP contribution in [0.15, 0.2) is 30.3 Å². The molecule has 0 saturated heterocycles. The summed E-state index contributed by atoms with van der Waals surface area (Å²) in [5.74, 6) is 1.30. The van der Waals surface area contributed by atoms with E-state index >= 15 is 0 Å². The van der Waals surface area contributed by atoms with Gasteiger partial charge in [0.25, 0.3) is 0 Å². The van der Waals surface area contributed by atoms with Crippen LogP contribution in [-0.4, -0.2) is 18.5 Å². The number of benzene rings is 1. The fraction of sp³-hybridized carbons (Fsp3) is 0.588. The van der Waals surface area contributed by atoms with Crippen molar-refractivity contribution in [1.82, 2.24) is 5.32 Å². The first kappa shape index (κ1) is 13.6. The van der Waals surface area contributed by atoms with Crippen LogP contribution in [-0.2, 0) is 4.79 Å². The van der Waals surface area contributed by atoms with Crippen LogP contribution < -0.4 is 11.1 Å². The fourth-order valence-corrected chi connectivity index (χ4v) is 3.41. The lowest BCUT2D eigenvalue weighted by molar-refractivity contribution is -0.122. The monoisotopic (exact) mass is 272 g/mol. The van der Waals surface area contributed by atoms with Crippen molar-refractivity contribution in [2.24, 2.45) is 17.6 Å². The highest BCUT2D eigenvalue weighted by atomic mass is 16.2. The molecule has 0 aromatic heterocycles. The second-order valence-electron chi connectivity index (χ2n) is 6.31. The van der Waals surface area contributed by atoms with Gasteiger partial charge in [0.1, 0.15) is 0 Å². The number of rotatable bonds is 4. The van der Waals surface area contributed by atoms with Crippen molar-refractivity contribution in [3.63, 3.8) is 0 Å². The van der Waals surface area contributed by atoms with Crippen LogP contribution in [0, 0.1) is 11.8 Å². The Hall–Kier alpha value is -1.35. The standard InChI is InChI=1S/C17H24N2O/c18-16-9-5-4-8-13(16)11-19-17(20)15-10-14(15)12-6-2-1-3-7-12/h1-3,6-7,13-16H,4-5,8-11,18H2,(H,19,20). The van der Waals surface area contributed by atoms with Gasteiger partial charge in [-0.1, -0.05) is 43.2 Å². The van der Waals surface area contributed by atoms with Crippen molar-refractivity contribution in [2.45, 2.75) is 44.1 Å². The van der Waals surface area contributed by atoms with Gasteiger partial charge in [-0.15, -0.1) is 0 Å². The molecule has 2 fully saturated rings. The van der Waals surface area contributed by atoms with Gasteiger partial charge >= 0.3 is 0 Å². The van der Waals surface area contributed by atoms with E-state index in [1.807, 2.05) is 18.2 Å². The third-order valence-corrected chi connectivity index (χ3v) is 4.86. The molecule has 0 spiro atoms. The van der Waals surface area contributed by atoms with Gasteiger partial charge in [-0.3, -0.25) is 4.79 Å². The summed E-state index contributed by atoms with van der Waals surface area (Å²) in [6.45, 7) is 0.762. The second kappa shape index (κ2) is 5.96. The summed E-state index contributed by atoms with van der Waals surface area (Å²) in [6.07, 6.45) is 5.76. The number of hydrogen-bond acceptors (Lipinski definition) is 2. The summed E-state index contributed by atoms with van der Waals surface area (Å²) in [4.78, 5) is 12.2. The van der Waals surface area contributed by atoms with E-state index in [2.05, 4.69) is 17.4 Å². The zero-order valence-corrected chi connectivity index (χ0v) is 11.9. The molecule has 2 aliphatic rings. The molecule has 2 aliphatic carbocycles. The van der Waals surface area contributed by atoms with Crippen molar-refractivity contribution in [1.29, 1.82) is 0 Å². The number of carbonyl (C=O) groups is 1. The Morgan fingerprint density at radius 2 is 1.95 bits per heavy atom. The summed E-state index contributed by atoms with van der Waals surface area (Å²) in [7, 11) is 0. The molecule has 2 saturated carbocycles. The lowest BCUT2D eigenvalue weighted by Crippen LogP contribution is -2.41. The lowest BCUT2D eigenvalue weighted by atomic mass is 9.85. The summed E-state index contributed by atoms with van der Waals surface area (Å²) in [5, 5.41) is 3.13.